The third-order valence-corrected chi connectivity index (χ3v) is 2.54. The van der Waals surface area contributed by atoms with Crippen LogP contribution in [0.4, 0.5) is 4.39 Å². The number of nitrogens with zero attached hydrogens (tertiary/aromatic N) is 1. The van der Waals surface area contributed by atoms with Crippen LogP contribution in [0.3, 0.4) is 0 Å². The largest absolute Gasteiger partial charge is 0.491 e. The molecule has 1 aromatic carbocycles. The topological polar surface area (TPSA) is 59.4 Å². The second-order valence-electron chi connectivity index (χ2n) is 3.81. The highest BCUT2D eigenvalue weighted by Crippen LogP contribution is 2.24. The van der Waals surface area contributed by atoms with Gasteiger partial charge < -0.3 is 9.84 Å². The highest BCUT2D eigenvalue weighted by molar-refractivity contribution is 5.92. The quantitative estimate of drug-likeness (QED) is 0.919. The fraction of sp³-hybridized carbons (Fsp3) is 0.143. The van der Waals surface area contributed by atoms with Crippen LogP contribution < -0.4 is 4.74 Å². The Kier molecular flexibility index (Phi) is 3.75. The summed E-state index contributed by atoms with van der Waals surface area (Å²) in [5.74, 6) is -1.22. The maximum absolute atomic E-state index is 12.8. The third kappa shape index (κ3) is 2.88. The minimum atomic E-state index is -1.09. The van der Waals surface area contributed by atoms with Crippen molar-refractivity contribution in [2.24, 2.45) is 0 Å². The summed E-state index contributed by atoms with van der Waals surface area (Å²) in [6.45, 7) is 2.12. The van der Waals surface area contributed by atoms with Gasteiger partial charge in [-0.15, -0.1) is 0 Å². The first kappa shape index (κ1) is 13.0. The summed E-state index contributed by atoms with van der Waals surface area (Å²) in [7, 11) is 0. The highest BCUT2D eigenvalue weighted by atomic mass is 19.1. The first-order valence-corrected chi connectivity index (χ1v) is 5.74. The number of carboxylic acid groups (broad SMARTS) is 1. The molecule has 19 heavy (non-hydrogen) atoms. The molecule has 0 radical (unpaired) electrons. The van der Waals surface area contributed by atoms with Gasteiger partial charge in [-0.25, -0.2) is 9.18 Å². The van der Waals surface area contributed by atoms with Crippen molar-refractivity contribution >= 4 is 5.97 Å². The smallest absolute Gasteiger partial charge is 0.339 e. The van der Waals surface area contributed by atoms with Gasteiger partial charge in [0.05, 0.1) is 18.5 Å². The number of ether oxygens (including phenoxy) is 1. The van der Waals surface area contributed by atoms with Crippen LogP contribution in [0, 0.1) is 5.82 Å². The minimum absolute atomic E-state index is 0.0381. The van der Waals surface area contributed by atoms with Crippen molar-refractivity contribution in [3.05, 3.63) is 47.9 Å². The van der Waals surface area contributed by atoms with Crippen LogP contribution in [0.2, 0.25) is 0 Å². The normalized spacial score (nSPS) is 10.2. The van der Waals surface area contributed by atoms with E-state index in [2.05, 4.69) is 4.98 Å². The molecule has 0 saturated carbocycles. The maximum Gasteiger partial charge on any atom is 0.339 e. The van der Waals surface area contributed by atoms with Crippen LogP contribution in [-0.2, 0) is 0 Å². The molecule has 2 aromatic rings. The van der Waals surface area contributed by atoms with E-state index in [1.165, 1.54) is 24.4 Å². The molecule has 98 valence electrons. The van der Waals surface area contributed by atoms with Crippen molar-refractivity contribution in [2.45, 2.75) is 6.92 Å². The van der Waals surface area contributed by atoms with E-state index in [1.807, 2.05) is 0 Å². The number of rotatable bonds is 4. The highest BCUT2D eigenvalue weighted by Gasteiger charge is 2.13. The minimum Gasteiger partial charge on any atom is -0.491 e. The lowest BCUT2D eigenvalue weighted by molar-refractivity contribution is 0.0692. The van der Waals surface area contributed by atoms with Crippen molar-refractivity contribution < 1.29 is 19.0 Å². The molecule has 0 aliphatic carbocycles. The van der Waals surface area contributed by atoms with Crippen LogP contribution in [0.1, 0.15) is 17.3 Å². The molecule has 0 spiro atoms. The van der Waals surface area contributed by atoms with Gasteiger partial charge in [-0.3, -0.25) is 4.98 Å². The lowest BCUT2D eigenvalue weighted by atomic mass is 10.1. The van der Waals surface area contributed by atoms with Gasteiger partial charge in [0, 0.05) is 5.56 Å². The van der Waals surface area contributed by atoms with E-state index < -0.39 is 5.97 Å². The molecule has 2 rings (SSSR count). The van der Waals surface area contributed by atoms with Crippen LogP contribution >= 0.6 is 0 Å². The van der Waals surface area contributed by atoms with Gasteiger partial charge in [-0.05, 0) is 37.3 Å². The van der Waals surface area contributed by atoms with E-state index >= 15 is 0 Å². The Hall–Kier alpha value is -2.43. The van der Waals surface area contributed by atoms with E-state index in [1.54, 1.807) is 19.1 Å². The Morgan fingerprint density at radius 2 is 2.05 bits per heavy atom. The first-order chi connectivity index (χ1) is 9.11. The van der Waals surface area contributed by atoms with E-state index in [4.69, 9.17) is 9.84 Å². The number of benzene rings is 1. The Labute approximate surface area is 109 Å². The third-order valence-electron chi connectivity index (χ3n) is 2.54. The van der Waals surface area contributed by atoms with E-state index in [9.17, 15) is 9.18 Å². The number of carboxylic acids is 1. The molecule has 1 heterocycles. The van der Waals surface area contributed by atoms with E-state index in [-0.39, 0.29) is 17.1 Å². The Balaban J connectivity index is 2.45. The Morgan fingerprint density at radius 1 is 1.37 bits per heavy atom. The second-order valence-corrected chi connectivity index (χ2v) is 3.81. The summed E-state index contributed by atoms with van der Waals surface area (Å²) in [4.78, 5) is 15.3. The molecule has 1 aromatic heterocycles. The van der Waals surface area contributed by atoms with Crippen molar-refractivity contribution in [1.29, 1.82) is 0 Å². The number of carbonyl (C=O) groups is 1. The van der Waals surface area contributed by atoms with E-state index in [0.717, 1.165) is 0 Å². The molecule has 0 fully saturated rings. The molecule has 0 atom stereocenters. The number of aromatic nitrogens is 1. The molecule has 1 N–H and O–H groups in total. The van der Waals surface area contributed by atoms with Crippen molar-refractivity contribution in [3.63, 3.8) is 0 Å². The summed E-state index contributed by atoms with van der Waals surface area (Å²) < 4.78 is 18.0. The number of hydrogen-bond donors (Lipinski definition) is 1. The van der Waals surface area contributed by atoms with Gasteiger partial charge >= 0.3 is 5.97 Å². The summed E-state index contributed by atoms with van der Waals surface area (Å²) in [5, 5.41) is 9.14. The molecule has 0 unspecified atom stereocenters. The summed E-state index contributed by atoms with van der Waals surface area (Å²) >= 11 is 0. The fourth-order valence-electron chi connectivity index (χ4n) is 1.66. The fourth-order valence-corrected chi connectivity index (χ4v) is 1.66. The van der Waals surface area contributed by atoms with E-state index in [0.29, 0.717) is 17.9 Å². The first-order valence-electron chi connectivity index (χ1n) is 5.74. The molecule has 0 amide bonds. The second kappa shape index (κ2) is 5.48. The molecule has 0 saturated heterocycles. The SMILES string of the molecule is CCOc1cnc(-c2ccc(F)cc2)cc1C(=O)O. The zero-order chi connectivity index (χ0) is 13.8. The lowest BCUT2D eigenvalue weighted by Crippen LogP contribution is -2.04. The average Bonchev–Trinajstić information content (AvgIpc) is 2.40. The predicted molar refractivity (Wildman–Crippen MR) is 67.8 cm³/mol. The number of aromatic carboxylic acids is 1. The molecular formula is C14H12FNO3. The van der Waals surface area contributed by atoms with Gasteiger partial charge in [-0.1, -0.05) is 0 Å². The number of hydrogen-bond acceptors (Lipinski definition) is 3. The molecule has 5 heteroatoms. The predicted octanol–water partition coefficient (Wildman–Crippen LogP) is 2.98. The van der Waals surface area contributed by atoms with Gasteiger partial charge in [0.15, 0.2) is 5.75 Å². The number of halogens is 1. The molecule has 4 nitrogen and oxygen atoms in total. The van der Waals surface area contributed by atoms with Gasteiger partial charge in [0.25, 0.3) is 0 Å². The summed E-state index contributed by atoms with van der Waals surface area (Å²) in [5.41, 5.74) is 1.14. The van der Waals surface area contributed by atoms with Crippen molar-refractivity contribution in [1.82, 2.24) is 4.98 Å². The van der Waals surface area contributed by atoms with Gasteiger partial charge in [0.1, 0.15) is 11.4 Å². The zero-order valence-corrected chi connectivity index (χ0v) is 10.3. The lowest BCUT2D eigenvalue weighted by Gasteiger charge is -2.08. The maximum atomic E-state index is 12.8. The molecule has 0 aliphatic rings. The summed E-state index contributed by atoms with van der Waals surface area (Å²) in [6, 6.07) is 7.11. The standard InChI is InChI=1S/C14H12FNO3/c1-2-19-13-8-16-12(7-11(13)14(17)18)9-3-5-10(15)6-4-9/h3-8H,2H2,1H3,(H,17,18). The van der Waals surface area contributed by atoms with Gasteiger partial charge in [-0.2, -0.15) is 0 Å². The zero-order valence-electron chi connectivity index (χ0n) is 10.3. The van der Waals surface area contributed by atoms with Crippen LogP contribution in [0.5, 0.6) is 5.75 Å². The monoisotopic (exact) mass is 261 g/mol. The number of pyridine rings is 1. The van der Waals surface area contributed by atoms with Crippen LogP contribution in [-0.4, -0.2) is 22.7 Å². The molecule has 0 aliphatic heterocycles. The average molecular weight is 261 g/mol. The van der Waals surface area contributed by atoms with Crippen LogP contribution in [0.25, 0.3) is 11.3 Å². The van der Waals surface area contributed by atoms with Crippen molar-refractivity contribution in [3.8, 4) is 17.0 Å². The molecular weight excluding hydrogens is 249 g/mol. The van der Waals surface area contributed by atoms with Crippen molar-refractivity contribution in [2.75, 3.05) is 6.61 Å². The van der Waals surface area contributed by atoms with Gasteiger partial charge in [0.2, 0.25) is 0 Å². The Morgan fingerprint density at radius 3 is 2.63 bits per heavy atom. The Bertz CT molecular complexity index is 596. The van der Waals surface area contributed by atoms with Crippen LogP contribution in [0.15, 0.2) is 36.5 Å². The molecule has 0 bridgehead atoms. The summed E-state index contributed by atoms with van der Waals surface area (Å²) in [6.07, 6.45) is 1.37.